The van der Waals surface area contributed by atoms with Gasteiger partial charge in [-0.05, 0) is 25.1 Å². The Morgan fingerprint density at radius 3 is 3.06 bits per heavy atom. The lowest BCUT2D eigenvalue weighted by atomic mass is 10.1. The van der Waals surface area contributed by atoms with E-state index in [0.29, 0.717) is 17.9 Å². The van der Waals surface area contributed by atoms with Crippen molar-refractivity contribution in [1.29, 1.82) is 0 Å². The molecule has 86 valence electrons. The summed E-state index contributed by atoms with van der Waals surface area (Å²) >= 11 is 0. The molecule has 2 rings (SSSR count). The van der Waals surface area contributed by atoms with Gasteiger partial charge in [-0.1, -0.05) is 0 Å². The SMILES string of the molecule is CC(CN)N1CC(=O)Nc2ccc(F)cc21. The second-order valence-corrected chi connectivity index (χ2v) is 3.92. The fraction of sp³-hybridized carbons (Fsp3) is 0.364. The molecule has 0 saturated carbocycles. The van der Waals surface area contributed by atoms with Crippen LogP contribution in [0.3, 0.4) is 0 Å². The molecule has 0 spiro atoms. The van der Waals surface area contributed by atoms with Crippen molar-refractivity contribution in [3.05, 3.63) is 24.0 Å². The molecule has 0 saturated heterocycles. The van der Waals surface area contributed by atoms with Gasteiger partial charge in [-0.3, -0.25) is 4.79 Å². The molecule has 1 amide bonds. The Morgan fingerprint density at radius 2 is 2.38 bits per heavy atom. The zero-order valence-electron chi connectivity index (χ0n) is 9.03. The molecule has 0 bridgehead atoms. The molecule has 0 radical (unpaired) electrons. The Bertz CT molecular complexity index is 422. The van der Waals surface area contributed by atoms with Gasteiger partial charge in [0.15, 0.2) is 0 Å². The van der Waals surface area contributed by atoms with Crippen molar-refractivity contribution in [3.63, 3.8) is 0 Å². The van der Waals surface area contributed by atoms with Gasteiger partial charge in [0.1, 0.15) is 5.82 Å². The van der Waals surface area contributed by atoms with E-state index >= 15 is 0 Å². The first-order chi connectivity index (χ1) is 7.61. The van der Waals surface area contributed by atoms with Gasteiger partial charge >= 0.3 is 0 Å². The van der Waals surface area contributed by atoms with Gasteiger partial charge in [0, 0.05) is 12.6 Å². The molecule has 1 aliphatic rings. The Balaban J connectivity index is 2.43. The van der Waals surface area contributed by atoms with Gasteiger partial charge in [0.05, 0.1) is 17.9 Å². The number of nitrogens with zero attached hydrogens (tertiary/aromatic N) is 1. The molecular weight excluding hydrogens is 209 g/mol. The van der Waals surface area contributed by atoms with E-state index in [0.717, 1.165) is 0 Å². The van der Waals surface area contributed by atoms with Crippen LogP contribution in [-0.4, -0.2) is 25.0 Å². The van der Waals surface area contributed by atoms with Crippen molar-refractivity contribution in [2.75, 3.05) is 23.3 Å². The number of nitrogens with two attached hydrogens (primary N) is 1. The lowest BCUT2D eigenvalue weighted by molar-refractivity contribution is -0.115. The van der Waals surface area contributed by atoms with E-state index in [1.54, 1.807) is 6.07 Å². The Kier molecular flexibility index (Phi) is 2.78. The number of hydrogen-bond acceptors (Lipinski definition) is 3. The number of carbonyl (C=O) groups is 1. The smallest absolute Gasteiger partial charge is 0.243 e. The van der Waals surface area contributed by atoms with E-state index in [1.165, 1.54) is 12.1 Å². The maximum atomic E-state index is 13.2. The molecule has 1 unspecified atom stereocenters. The first-order valence-corrected chi connectivity index (χ1v) is 5.18. The second-order valence-electron chi connectivity index (χ2n) is 3.92. The van der Waals surface area contributed by atoms with Crippen LogP contribution < -0.4 is 16.0 Å². The summed E-state index contributed by atoms with van der Waals surface area (Å²) in [7, 11) is 0. The number of benzene rings is 1. The third kappa shape index (κ3) is 1.86. The number of halogens is 1. The van der Waals surface area contributed by atoms with E-state index in [-0.39, 0.29) is 24.3 Å². The van der Waals surface area contributed by atoms with Gasteiger partial charge in [0.25, 0.3) is 0 Å². The van der Waals surface area contributed by atoms with Crippen LogP contribution in [0, 0.1) is 5.82 Å². The normalized spacial score (nSPS) is 16.7. The minimum atomic E-state index is -0.316. The lowest BCUT2D eigenvalue weighted by Gasteiger charge is -2.35. The van der Waals surface area contributed by atoms with Crippen molar-refractivity contribution >= 4 is 17.3 Å². The van der Waals surface area contributed by atoms with Crippen LogP contribution in [-0.2, 0) is 4.79 Å². The topological polar surface area (TPSA) is 58.4 Å². The van der Waals surface area contributed by atoms with Gasteiger partial charge in [-0.25, -0.2) is 4.39 Å². The van der Waals surface area contributed by atoms with Crippen molar-refractivity contribution in [3.8, 4) is 0 Å². The van der Waals surface area contributed by atoms with Gasteiger partial charge in [-0.15, -0.1) is 0 Å². The molecule has 5 heteroatoms. The van der Waals surface area contributed by atoms with Crippen LogP contribution in [0.5, 0.6) is 0 Å². The molecule has 16 heavy (non-hydrogen) atoms. The Labute approximate surface area is 93.2 Å². The highest BCUT2D eigenvalue weighted by molar-refractivity contribution is 6.01. The number of fused-ring (bicyclic) bond motifs is 1. The van der Waals surface area contributed by atoms with Gasteiger partial charge in [-0.2, -0.15) is 0 Å². The van der Waals surface area contributed by atoms with E-state index in [9.17, 15) is 9.18 Å². The molecule has 0 fully saturated rings. The number of hydrogen-bond donors (Lipinski definition) is 2. The van der Waals surface area contributed by atoms with Gasteiger partial charge < -0.3 is 16.0 Å². The number of carbonyl (C=O) groups excluding carboxylic acids is 1. The first-order valence-electron chi connectivity index (χ1n) is 5.18. The third-order valence-corrected chi connectivity index (χ3v) is 2.73. The fourth-order valence-electron chi connectivity index (χ4n) is 1.80. The molecule has 4 nitrogen and oxygen atoms in total. The van der Waals surface area contributed by atoms with E-state index in [1.807, 2.05) is 11.8 Å². The first kappa shape index (κ1) is 10.9. The molecule has 3 N–H and O–H groups in total. The number of nitrogens with one attached hydrogen (secondary N) is 1. The summed E-state index contributed by atoms with van der Waals surface area (Å²) in [6, 6.07) is 4.32. The highest BCUT2D eigenvalue weighted by Gasteiger charge is 2.25. The summed E-state index contributed by atoms with van der Waals surface area (Å²) in [6.45, 7) is 2.55. The van der Waals surface area contributed by atoms with E-state index in [2.05, 4.69) is 5.32 Å². The summed E-state index contributed by atoms with van der Waals surface area (Å²) in [5.41, 5.74) is 6.91. The molecule has 1 aromatic rings. The minimum Gasteiger partial charge on any atom is -0.356 e. The molecule has 1 aromatic carbocycles. The monoisotopic (exact) mass is 223 g/mol. The average molecular weight is 223 g/mol. The van der Waals surface area contributed by atoms with Crippen LogP contribution in [0.4, 0.5) is 15.8 Å². The molecule has 1 atom stereocenters. The molecule has 0 aromatic heterocycles. The lowest BCUT2D eigenvalue weighted by Crippen LogP contribution is -2.46. The van der Waals surface area contributed by atoms with E-state index in [4.69, 9.17) is 5.73 Å². The largest absolute Gasteiger partial charge is 0.356 e. The number of amides is 1. The summed E-state index contributed by atoms with van der Waals surface area (Å²) in [6.07, 6.45) is 0. The van der Waals surface area contributed by atoms with Crippen molar-refractivity contribution in [2.45, 2.75) is 13.0 Å². The molecule has 1 aliphatic heterocycles. The van der Waals surface area contributed by atoms with Gasteiger partial charge in [0.2, 0.25) is 5.91 Å². The van der Waals surface area contributed by atoms with Crippen LogP contribution in [0.25, 0.3) is 0 Å². The summed E-state index contributed by atoms with van der Waals surface area (Å²) < 4.78 is 13.2. The van der Waals surface area contributed by atoms with Crippen LogP contribution >= 0.6 is 0 Å². The number of anilines is 2. The minimum absolute atomic E-state index is 0.00611. The summed E-state index contributed by atoms with van der Waals surface area (Å²) in [5, 5.41) is 2.71. The standard InChI is InChI=1S/C11H14FN3O/c1-7(5-13)15-6-11(16)14-9-3-2-8(12)4-10(9)15/h2-4,7H,5-6,13H2,1H3,(H,14,16). The number of rotatable bonds is 2. The zero-order chi connectivity index (χ0) is 11.7. The molecule has 1 heterocycles. The quantitative estimate of drug-likeness (QED) is 0.784. The van der Waals surface area contributed by atoms with Crippen molar-refractivity contribution < 1.29 is 9.18 Å². The molecular formula is C11H14FN3O. The Hall–Kier alpha value is -1.62. The maximum Gasteiger partial charge on any atom is 0.243 e. The highest BCUT2D eigenvalue weighted by Crippen LogP contribution is 2.31. The van der Waals surface area contributed by atoms with Crippen molar-refractivity contribution in [2.24, 2.45) is 5.73 Å². The molecule has 0 aliphatic carbocycles. The Morgan fingerprint density at radius 1 is 1.62 bits per heavy atom. The van der Waals surface area contributed by atoms with Crippen LogP contribution in [0.2, 0.25) is 0 Å². The van der Waals surface area contributed by atoms with Crippen LogP contribution in [0.15, 0.2) is 18.2 Å². The fourth-order valence-corrected chi connectivity index (χ4v) is 1.80. The summed E-state index contributed by atoms with van der Waals surface area (Å²) in [4.78, 5) is 13.3. The average Bonchev–Trinajstić information content (AvgIpc) is 2.27. The summed E-state index contributed by atoms with van der Waals surface area (Å²) in [5.74, 6) is -0.413. The highest BCUT2D eigenvalue weighted by atomic mass is 19.1. The second kappa shape index (κ2) is 4.09. The predicted molar refractivity (Wildman–Crippen MR) is 60.9 cm³/mol. The maximum absolute atomic E-state index is 13.2. The van der Waals surface area contributed by atoms with E-state index < -0.39 is 0 Å². The zero-order valence-corrected chi connectivity index (χ0v) is 9.03. The third-order valence-electron chi connectivity index (χ3n) is 2.73. The van der Waals surface area contributed by atoms with Crippen molar-refractivity contribution in [1.82, 2.24) is 0 Å². The predicted octanol–water partition coefficient (Wildman–Crippen LogP) is 0.931. The van der Waals surface area contributed by atoms with Crippen LogP contribution in [0.1, 0.15) is 6.92 Å².